The summed E-state index contributed by atoms with van der Waals surface area (Å²) in [5.41, 5.74) is -0.729. The third kappa shape index (κ3) is 8.11. The Kier molecular flexibility index (Phi) is 8.45. The second kappa shape index (κ2) is 10.4. The van der Waals surface area contributed by atoms with E-state index in [1.165, 1.54) is 18.1 Å². The molecule has 198 valence electrons. The predicted molar refractivity (Wildman–Crippen MR) is 103 cm³/mol. The van der Waals surface area contributed by atoms with E-state index in [-0.39, 0.29) is 24.7 Å². The fraction of sp³-hybridized carbons (Fsp3) is 0.600. The molecular weight excluding hydrogens is 500 g/mol. The average Bonchev–Trinajstić information content (AvgIpc) is 2.69. The van der Waals surface area contributed by atoms with E-state index in [0.29, 0.717) is 24.9 Å². The SMILES string of the molecule is COc1cc(OC(F)(F)F)ccc1CN1CC(F)(F)CC2(CCCNC2=O)C1.O=C(O)C(F)(F)F. The molecule has 0 saturated carbocycles. The number of methoxy groups -OCH3 is 1. The van der Waals surface area contributed by atoms with Crippen LogP contribution in [0.15, 0.2) is 18.2 Å². The average molecular weight is 522 g/mol. The van der Waals surface area contributed by atoms with E-state index < -0.39 is 48.6 Å². The van der Waals surface area contributed by atoms with Crippen molar-refractivity contribution in [3.8, 4) is 11.5 Å². The van der Waals surface area contributed by atoms with Gasteiger partial charge in [0.2, 0.25) is 5.91 Å². The lowest BCUT2D eigenvalue weighted by Gasteiger charge is -2.46. The number of benzene rings is 1. The van der Waals surface area contributed by atoms with Crippen molar-refractivity contribution in [3.63, 3.8) is 0 Å². The maximum atomic E-state index is 14.4. The summed E-state index contributed by atoms with van der Waals surface area (Å²) in [6, 6.07) is 3.52. The minimum absolute atomic E-state index is 0.0140. The molecule has 2 N–H and O–H groups in total. The molecule has 2 aliphatic heterocycles. The fourth-order valence-corrected chi connectivity index (χ4v) is 4.07. The number of carboxylic acid groups (broad SMARTS) is 1. The number of nitrogens with one attached hydrogen (secondary N) is 1. The minimum atomic E-state index is -5.08. The molecule has 1 aromatic carbocycles. The number of ether oxygens (including phenoxy) is 2. The summed E-state index contributed by atoms with van der Waals surface area (Å²) in [4.78, 5) is 22.7. The summed E-state index contributed by atoms with van der Waals surface area (Å²) < 4.78 is 107. The van der Waals surface area contributed by atoms with Gasteiger partial charge in [-0.2, -0.15) is 13.2 Å². The number of hydrogen-bond acceptors (Lipinski definition) is 5. The van der Waals surface area contributed by atoms with Crippen molar-refractivity contribution in [2.24, 2.45) is 5.41 Å². The number of nitrogens with zero attached hydrogens (tertiary/aromatic N) is 1. The van der Waals surface area contributed by atoms with Gasteiger partial charge in [0.25, 0.3) is 5.92 Å². The zero-order valence-electron chi connectivity index (χ0n) is 18.2. The first-order valence-corrected chi connectivity index (χ1v) is 10.1. The second-order valence-electron chi connectivity index (χ2n) is 8.14. The van der Waals surface area contributed by atoms with Crippen molar-refractivity contribution in [1.82, 2.24) is 10.2 Å². The van der Waals surface area contributed by atoms with Crippen LogP contribution in [0.2, 0.25) is 0 Å². The Morgan fingerprint density at radius 2 is 1.80 bits per heavy atom. The molecule has 15 heteroatoms. The van der Waals surface area contributed by atoms with Crippen LogP contribution in [0.1, 0.15) is 24.8 Å². The van der Waals surface area contributed by atoms with Gasteiger partial charge in [-0.25, -0.2) is 13.6 Å². The van der Waals surface area contributed by atoms with E-state index in [0.717, 1.165) is 12.1 Å². The summed E-state index contributed by atoms with van der Waals surface area (Å²) >= 11 is 0. The number of carbonyl (C=O) groups is 2. The van der Waals surface area contributed by atoms with Gasteiger partial charge >= 0.3 is 18.5 Å². The molecule has 3 rings (SSSR count). The van der Waals surface area contributed by atoms with Gasteiger partial charge in [-0.05, 0) is 18.9 Å². The zero-order chi connectivity index (χ0) is 26.7. The van der Waals surface area contributed by atoms with Crippen LogP contribution in [0.5, 0.6) is 11.5 Å². The smallest absolute Gasteiger partial charge is 0.496 e. The first-order valence-electron chi connectivity index (χ1n) is 10.1. The van der Waals surface area contributed by atoms with Crippen LogP contribution in [-0.2, 0) is 16.1 Å². The number of aliphatic carboxylic acids is 1. The Bertz CT molecular complexity index is 922. The highest BCUT2D eigenvalue weighted by Gasteiger charge is 2.53. The maximum Gasteiger partial charge on any atom is 0.573 e. The summed E-state index contributed by atoms with van der Waals surface area (Å²) in [5.74, 6) is -6.53. The lowest BCUT2D eigenvalue weighted by atomic mass is 9.72. The van der Waals surface area contributed by atoms with E-state index >= 15 is 0 Å². The van der Waals surface area contributed by atoms with Gasteiger partial charge in [-0.15, -0.1) is 13.2 Å². The van der Waals surface area contributed by atoms with Gasteiger partial charge in [-0.1, -0.05) is 6.07 Å². The summed E-state index contributed by atoms with van der Waals surface area (Å²) in [7, 11) is 1.27. The lowest BCUT2D eigenvalue weighted by molar-refractivity contribution is -0.274. The highest BCUT2D eigenvalue weighted by atomic mass is 19.4. The number of carboxylic acids is 1. The van der Waals surface area contributed by atoms with Crippen molar-refractivity contribution in [2.75, 3.05) is 26.7 Å². The first-order chi connectivity index (χ1) is 16.0. The van der Waals surface area contributed by atoms with E-state index in [1.807, 2.05) is 0 Å². The number of halogens is 8. The van der Waals surface area contributed by atoms with Gasteiger partial charge in [0, 0.05) is 37.7 Å². The third-order valence-corrected chi connectivity index (χ3v) is 5.31. The molecule has 2 heterocycles. The Hall–Kier alpha value is -2.84. The van der Waals surface area contributed by atoms with Gasteiger partial charge in [0.05, 0.1) is 19.1 Å². The number of hydrogen-bond donors (Lipinski definition) is 2. The molecule has 1 atom stereocenters. The van der Waals surface area contributed by atoms with E-state index in [4.69, 9.17) is 14.6 Å². The summed E-state index contributed by atoms with van der Waals surface area (Å²) in [6.45, 7) is 0.102. The molecule has 1 aromatic rings. The quantitative estimate of drug-likeness (QED) is 0.583. The normalized spacial score (nSPS) is 22.6. The first kappa shape index (κ1) is 28.4. The van der Waals surface area contributed by atoms with Gasteiger partial charge in [0.1, 0.15) is 11.5 Å². The number of amides is 1. The molecular formula is C20H22F8N2O5. The maximum absolute atomic E-state index is 14.4. The van der Waals surface area contributed by atoms with E-state index in [1.54, 1.807) is 0 Å². The summed E-state index contributed by atoms with van der Waals surface area (Å²) in [5, 5.41) is 9.79. The van der Waals surface area contributed by atoms with Crippen LogP contribution in [0, 0.1) is 5.41 Å². The summed E-state index contributed by atoms with van der Waals surface area (Å²) in [6.07, 6.45) is -9.43. The largest absolute Gasteiger partial charge is 0.573 e. The highest BCUT2D eigenvalue weighted by molar-refractivity contribution is 5.83. The molecule has 0 bridgehead atoms. The van der Waals surface area contributed by atoms with Crippen molar-refractivity contribution in [1.29, 1.82) is 0 Å². The van der Waals surface area contributed by atoms with Crippen LogP contribution in [0.4, 0.5) is 35.1 Å². The number of alkyl halides is 8. The van der Waals surface area contributed by atoms with Crippen molar-refractivity contribution in [2.45, 2.75) is 44.3 Å². The van der Waals surface area contributed by atoms with Crippen LogP contribution < -0.4 is 14.8 Å². The van der Waals surface area contributed by atoms with Crippen LogP contribution >= 0.6 is 0 Å². The van der Waals surface area contributed by atoms with Crippen LogP contribution in [0.25, 0.3) is 0 Å². The van der Waals surface area contributed by atoms with Crippen LogP contribution in [0.3, 0.4) is 0 Å². The lowest BCUT2D eigenvalue weighted by Crippen LogP contribution is -2.59. The number of carbonyl (C=O) groups excluding carboxylic acids is 1. The molecule has 2 fully saturated rings. The number of rotatable bonds is 4. The van der Waals surface area contributed by atoms with E-state index in [9.17, 15) is 39.9 Å². The molecule has 0 aliphatic carbocycles. The molecule has 0 aromatic heterocycles. The zero-order valence-corrected chi connectivity index (χ0v) is 18.2. The molecule has 35 heavy (non-hydrogen) atoms. The number of likely N-dealkylation sites (tertiary alicyclic amines) is 1. The topological polar surface area (TPSA) is 88.1 Å². The molecule has 7 nitrogen and oxygen atoms in total. The Labute approximate surface area is 194 Å². The molecule has 0 radical (unpaired) electrons. The molecule has 2 aliphatic rings. The minimum Gasteiger partial charge on any atom is -0.496 e. The molecule has 1 spiro atoms. The predicted octanol–water partition coefficient (Wildman–Crippen LogP) is 3.96. The Balaban J connectivity index is 0.000000540. The van der Waals surface area contributed by atoms with E-state index in [2.05, 4.69) is 10.1 Å². The highest BCUT2D eigenvalue weighted by Crippen LogP contribution is 2.44. The van der Waals surface area contributed by atoms with Crippen molar-refractivity contribution >= 4 is 11.9 Å². The standard InChI is InChI=1S/C18H21F5N2O3.C2HF3O2/c1-27-14-7-13(28-18(21,22)23)4-3-12(14)8-25-10-16(9-17(19,20)11-25)5-2-6-24-15(16)26;3-2(4,5)1(6)7/h3-4,7H,2,5-6,8-11H2,1H3,(H,24,26);(H,6,7). The van der Waals surface area contributed by atoms with Gasteiger partial charge < -0.3 is 19.9 Å². The Morgan fingerprint density at radius 3 is 2.31 bits per heavy atom. The van der Waals surface area contributed by atoms with Crippen molar-refractivity contribution in [3.05, 3.63) is 23.8 Å². The third-order valence-electron chi connectivity index (χ3n) is 5.31. The second-order valence-corrected chi connectivity index (χ2v) is 8.14. The van der Waals surface area contributed by atoms with Gasteiger partial charge in [-0.3, -0.25) is 9.69 Å². The number of piperidine rings is 2. The van der Waals surface area contributed by atoms with Gasteiger partial charge in [0.15, 0.2) is 0 Å². The fourth-order valence-electron chi connectivity index (χ4n) is 4.07. The van der Waals surface area contributed by atoms with Crippen LogP contribution in [-0.4, -0.2) is 67.1 Å². The monoisotopic (exact) mass is 522 g/mol. The van der Waals surface area contributed by atoms with Crippen molar-refractivity contribution < 1.29 is 59.3 Å². The molecule has 1 amide bonds. The molecule has 2 saturated heterocycles. The molecule has 1 unspecified atom stereocenters. The Morgan fingerprint density at radius 1 is 1.17 bits per heavy atom.